The first-order valence-electron chi connectivity index (χ1n) is 5.16. The van der Waals surface area contributed by atoms with Crippen LogP contribution in [0.25, 0.3) is 0 Å². The van der Waals surface area contributed by atoms with E-state index in [-0.39, 0.29) is 19.1 Å². The second kappa shape index (κ2) is 5.11. The van der Waals surface area contributed by atoms with Gasteiger partial charge in [-0.05, 0) is 12.8 Å². The van der Waals surface area contributed by atoms with Crippen molar-refractivity contribution in [2.45, 2.75) is 19.3 Å². The molecule has 5 nitrogen and oxygen atoms in total. The molecule has 2 unspecified atom stereocenters. The maximum atomic E-state index is 11.8. The summed E-state index contributed by atoms with van der Waals surface area (Å²) in [6.07, 6.45) is 2.02. The van der Waals surface area contributed by atoms with Crippen LogP contribution in [0.15, 0.2) is 0 Å². The number of likely N-dealkylation sites (N-methyl/N-ethyl adjacent to an activating group) is 1. The van der Waals surface area contributed by atoms with Gasteiger partial charge in [0.15, 0.2) is 0 Å². The third kappa shape index (κ3) is 2.68. The lowest BCUT2D eigenvalue weighted by Gasteiger charge is -2.22. The average Bonchev–Trinajstić information content (AvgIpc) is 2.65. The van der Waals surface area contributed by atoms with Crippen molar-refractivity contribution in [1.29, 1.82) is 0 Å². The van der Waals surface area contributed by atoms with Crippen LogP contribution in [0.1, 0.15) is 19.3 Å². The molecule has 15 heavy (non-hydrogen) atoms. The summed E-state index contributed by atoms with van der Waals surface area (Å²) in [5.74, 6) is -1.99. The lowest BCUT2D eigenvalue weighted by atomic mass is 9.95. The third-order valence-electron chi connectivity index (χ3n) is 2.96. The van der Waals surface area contributed by atoms with Crippen molar-refractivity contribution in [3.05, 3.63) is 0 Å². The number of carboxylic acid groups (broad SMARTS) is 1. The summed E-state index contributed by atoms with van der Waals surface area (Å²) >= 11 is 0. The quantitative estimate of drug-likeness (QED) is 0.688. The standard InChI is InChI=1S/C10H17NO4/c1-11(5-6-12)9(13)7-3-2-4-8(7)10(14)15/h7-8,12H,2-6H2,1H3,(H,14,15). The zero-order valence-corrected chi connectivity index (χ0v) is 8.85. The molecular formula is C10H17NO4. The summed E-state index contributed by atoms with van der Waals surface area (Å²) in [7, 11) is 1.59. The molecule has 0 bridgehead atoms. The monoisotopic (exact) mass is 215 g/mol. The summed E-state index contributed by atoms with van der Waals surface area (Å²) in [5, 5.41) is 17.6. The van der Waals surface area contributed by atoms with Gasteiger partial charge in [0.05, 0.1) is 18.4 Å². The SMILES string of the molecule is CN(CCO)C(=O)C1CCCC1C(=O)O. The summed E-state index contributed by atoms with van der Waals surface area (Å²) in [6, 6.07) is 0. The Morgan fingerprint density at radius 1 is 1.33 bits per heavy atom. The fourth-order valence-electron chi connectivity index (χ4n) is 2.09. The van der Waals surface area contributed by atoms with Crippen molar-refractivity contribution >= 4 is 11.9 Å². The molecule has 2 N–H and O–H groups in total. The lowest BCUT2D eigenvalue weighted by molar-refractivity contribution is -0.148. The van der Waals surface area contributed by atoms with Gasteiger partial charge in [-0.15, -0.1) is 0 Å². The van der Waals surface area contributed by atoms with E-state index in [4.69, 9.17) is 10.2 Å². The van der Waals surface area contributed by atoms with Crippen LogP contribution in [0.3, 0.4) is 0 Å². The number of amides is 1. The maximum absolute atomic E-state index is 11.8. The highest BCUT2D eigenvalue weighted by molar-refractivity contribution is 5.85. The molecule has 1 rings (SSSR count). The van der Waals surface area contributed by atoms with E-state index in [0.29, 0.717) is 12.8 Å². The van der Waals surface area contributed by atoms with E-state index < -0.39 is 17.8 Å². The topological polar surface area (TPSA) is 77.8 Å². The van der Waals surface area contributed by atoms with Gasteiger partial charge in [0, 0.05) is 13.6 Å². The van der Waals surface area contributed by atoms with E-state index in [9.17, 15) is 9.59 Å². The number of hydrogen-bond donors (Lipinski definition) is 2. The molecular weight excluding hydrogens is 198 g/mol. The predicted molar refractivity (Wildman–Crippen MR) is 53.2 cm³/mol. The summed E-state index contributed by atoms with van der Waals surface area (Å²) < 4.78 is 0. The third-order valence-corrected chi connectivity index (χ3v) is 2.96. The molecule has 1 aliphatic rings. The maximum Gasteiger partial charge on any atom is 0.307 e. The van der Waals surface area contributed by atoms with E-state index in [1.54, 1.807) is 7.05 Å². The molecule has 0 aromatic rings. The number of carbonyl (C=O) groups excluding carboxylic acids is 1. The summed E-state index contributed by atoms with van der Waals surface area (Å²) in [5.41, 5.74) is 0. The predicted octanol–water partition coefficient (Wildman–Crippen LogP) is -0.0620. The highest BCUT2D eigenvalue weighted by Gasteiger charge is 2.38. The lowest BCUT2D eigenvalue weighted by Crippen LogP contribution is -2.38. The average molecular weight is 215 g/mol. The normalized spacial score (nSPS) is 25.2. The Morgan fingerprint density at radius 3 is 2.47 bits per heavy atom. The van der Waals surface area contributed by atoms with Gasteiger partial charge in [0.25, 0.3) is 0 Å². The number of carboxylic acids is 1. The number of aliphatic hydroxyl groups excluding tert-OH is 1. The number of aliphatic carboxylic acids is 1. The van der Waals surface area contributed by atoms with Gasteiger partial charge < -0.3 is 15.1 Å². The fraction of sp³-hybridized carbons (Fsp3) is 0.800. The molecule has 2 atom stereocenters. The van der Waals surface area contributed by atoms with Crippen molar-refractivity contribution in [3.8, 4) is 0 Å². The van der Waals surface area contributed by atoms with Crippen molar-refractivity contribution < 1.29 is 19.8 Å². The van der Waals surface area contributed by atoms with Crippen molar-refractivity contribution in [2.24, 2.45) is 11.8 Å². The molecule has 0 aliphatic heterocycles. The Balaban J connectivity index is 2.62. The first-order valence-corrected chi connectivity index (χ1v) is 5.16. The van der Waals surface area contributed by atoms with E-state index in [1.807, 2.05) is 0 Å². The second-order valence-corrected chi connectivity index (χ2v) is 3.97. The zero-order chi connectivity index (χ0) is 11.4. The van der Waals surface area contributed by atoms with Crippen LogP contribution in [-0.2, 0) is 9.59 Å². The molecule has 0 spiro atoms. The van der Waals surface area contributed by atoms with Crippen LogP contribution in [0.2, 0.25) is 0 Å². The number of rotatable bonds is 4. The molecule has 1 aliphatic carbocycles. The van der Waals surface area contributed by atoms with Crippen LogP contribution in [0.4, 0.5) is 0 Å². The van der Waals surface area contributed by atoms with Crippen LogP contribution < -0.4 is 0 Å². The smallest absolute Gasteiger partial charge is 0.307 e. The van der Waals surface area contributed by atoms with E-state index in [1.165, 1.54) is 4.90 Å². The van der Waals surface area contributed by atoms with Gasteiger partial charge in [-0.2, -0.15) is 0 Å². The number of hydrogen-bond acceptors (Lipinski definition) is 3. The molecule has 0 aromatic heterocycles. The van der Waals surface area contributed by atoms with Crippen LogP contribution >= 0.6 is 0 Å². The molecule has 0 aromatic carbocycles. The minimum absolute atomic E-state index is 0.0906. The van der Waals surface area contributed by atoms with Crippen molar-refractivity contribution in [1.82, 2.24) is 4.90 Å². The highest BCUT2D eigenvalue weighted by Crippen LogP contribution is 2.33. The van der Waals surface area contributed by atoms with Crippen molar-refractivity contribution in [2.75, 3.05) is 20.2 Å². The summed E-state index contributed by atoms with van der Waals surface area (Å²) in [4.78, 5) is 24.1. The fourth-order valence-corrected chi connectivity index (χ4v) is 2.09. The molecule has 0 radical (unpaired) electrons. The molecule has 0 saturated heterocycles. The van der Waals surface area contributed by atoms with Crippen molar-refractivity contribution in [3.63, 3.8) is 0 Å². The van der Waals surface area contributed by atoms with Crippen LogP contribution in [0, 0.1) is 11.8 Å². The molecule has 1 amide bonds. The highest BCUT2D eigenvalue weighted by atomic mass is 16.4. The van der Waals surface area contributed by atoms with Gasteiger partial charge in [-0.3, -0.25) is 9.59 Å². The first kappa shape index (κ1) is 12.0. The second-order valence-electron chi connectivity index (χ2n) is 3.97. The molecule has 1 fully saturated rings. The minimum Gasteiger partial charge on any atom is -0.481 e. The van der Waals surface area contributed by atoms with Gasteiger partial charge in [0.2, 0.25) is 5.91 Å². The van der Waals surface area contributed by atoms with Crippen LogP contribution in [-0.4, -0.2) is 47.2 Å². The molecule has 5 heteroatoms. The number of aliphatic hydroxyl groups is 1. The van der Waals surface area contributed by atoms with E-state index in [2.05, 4.69) is 0 Å². The Hall–Kier alpha value is -1.10. The Morgan fingerprint density at radius 2 is 1.93 bits per heavy atom. The number of carbonyl (C=O) groups is 2. The van der Waals surface area contributed by atoms with Gasteiger partial charge in [0.1, 0.15) is 0 Å². The Bertz CT molecular complexity index is 254. The van der Waals surface area contributed by atoms with Gasteiger partial charge in [-0.25, -0.2) is 0 Å². The molecule has 0 heterocycles. The number of nitrogens with zero attached hydrogens (tertiary/aromatic N) is 1. The Kier molecular flexibility index (Phi) is 4.08. The summed E-state index contributed by atoms with van der Waals surface area (Å²) in [6.45, 7) is 0.175. The molecule has 1 saturated carbocycles. The van der Waals surface area contributed by atoms with Gasteiger partial charge in [-0.1, -0.05) is 6.42 Å². The molecule has 86 valence electrons. The zero-order valence-electron chi connectivity index (χ0n) is 8.85. The van der Waals surface area contributed by atoms with E-state index in [0.717, 1.165) is 6.42 Å². The van der Waals surface area contributed by atoms with Gasteiger partial charge >= 0.3 is 5.97 Å². The largest absolute Gasteiger partial charge is 0.481 e. The van der Waals surface area contributed by atoms with Crippen LogP contribution in [0.5, 0.6) is 0 Å². The Labute approximate surface area is 88.7 Å². The minimum atomic E-state index is -0.886. The van der Waals surface area contributed by atoms with E-state index >= 15 is 0 Å². The first-order chi connectivity index (χ1) is 7.07.